The molecule has 0 spiro atoms. The molecule has 1 aromatic heterocycles. The first-order chi connectivity index (χ1) is 8.66. The molecule has 1 N–H and O–H groups in total. The van der Waals surface area contributed by atoms with Gasteiger partial charge in [-0.15, -0.1) is 0 Å². The number of nitrogens with one attached hydrogen (secondary N) is 1. The van der Waals surface area contributed by atoms with Gasteiger partial charge in [0.05, 0.1) is 4.92 Å². The average molecular weight is 360 g/mol. The molecule has 0 aliphatic heterocycles. The molecule has 7 nitrogen and oxygen atoms in total. The standard InChI is InChI=1S/C10H9IN4O3/c11-8-5-7(15(16)17)1-2-9(8)12-4-3-10-13-6-18-14-10/h1-2,5-6,12H,3-4H2. The van der Waals surface area contributed by atoms with Crippen LogP contribution >= 0.6 is 22.6 Å². The van der Waals surface area contributed by atoms with E-state index in [0.717, 1.165) is 9.26 Å². The van der Waals surface area contributed by atoms with E-state index in [4.69, 9.17) is 0 Å². The molecular weight excluding hydrogens is 351 g/mol. The van der Waals surface area contributed by atoms with E-state index in [0.29, 0.717) is 18.8 Å². The normalized spacial score (nSPS) is 10.3. The van der Waals surface area contributed by atoms with E-state index < -0.39 is 4.92 Å². The Kier molecular flexibility index (Phi) is 4.07. The quantitative estimate of drug-likeness (QED) is 0.499. The van der Waals surface area contributed by atoms with Crippen LogP contribution in [0.4, 0.5) is 11.4 Å². The molecule has 0 unspecified atom stereocenters. The van der Waals surface area contributed by atoms with Gasteiger partial charge >= 0.3 is 0 Å². The molecule has 2 aromatic rings. The van der Waals surface area contributed by atoms with E-state index in [1.165, 1.54) is 18.5 Å². The zero-order valence-electron chi connectivity index (χ0n) is 9.17. The highest BCUT2D eigenvalue weighted by atomic mass is 127. The third-order valence-electron chi connectivity index (χ3n) is 2.23. The molecule has 1 heterocycles. The van der Waals surface area contributed by atoms with Crippen LogP contribution in [0.25, 0.3) is 0 Å². The van der Waals surface area contributed by atoms with Crippen LogP contribution in [0.15, 0.2) is 29.1 Å². The number of hydrogen-bond donors (Lipinski definition) is 1. The van der Waals surface area contributed by atoms with Crippen molar-refractivity contribution in [2.45, 2.75) is 6.42 Å². The van der Waals surface area contributed by atoms with Crippen molar-refractivity contribution < 1.29 is 9.45 Å². The molecule has 0 radical (unpaired) electrons. The smallest absolute Gasteiger partial charge is 0.270 e. The monoisotopic (exact) mass is 360 g/mol. The average Bonchev–Trinajstić information content (AvgIpc) is 2.84. The Balaban J connectivity index is 1.95. The summed E-state index contributed by atoms with van der Waals surface area (Å²) in [6.45, 7) is 0.632. The summed E-state index contributed by atoms with van der Waals surface area (Å²) in [5.41, 5.74) is 0.938. The molecular formula is C10H9IN4O3. The number of nitrogens with zero attached hydrogens (tertiary/aromatic N) is 3. The van der Waals surface area contributed by atoms with Crippen molar-refractivity contribution in [2.24, 2.45) is 0 Å². The fraction of sp³-hybridized carbons (Fsp3) is 0.200. The Bertz CT molecular complexity index is 544. The number of rotatable bonds is 5. The third-order valence-corrected chi connectivity index (χ3v) is 3.13. The lowest BCUT2D eigenvalue weighted by atomic mass is 10.3. The molecule has 0 amide bonds. The fourth-order valence-electron chi connectivity index (χ4n) is 1.37. The lowest BCUT2D eigenvalue weighted by molar-refractivity contribution is -0.384. The van der Waals surface area contributed by atoms with Gasteiger partial charge in [0.2, 0.25) is 6.39 Å². The Hall–Kier alpha value is -1.71. The van der Waals surface area contributed by atoms with Crippen molar-refractivity contribution in [1.82, 2.24) is 10.1 Å². The summed E-state index contributed by atoms with van der Waals surface area (Å²) in [5, 5.41) is 17.4. The van der Waals surface area contributed by atoms with Crippen LogP contribution < -0.4 is 5.32 Å². The van der Waals surface area contributed by atoms with Gasteiger partial charge in [-0.1, -0.05) is 5.16 Å². The molecule has 94 valence electrons. The highest BCUT2D eigenvalue weighted by molar-refractivity contribution is 14.1. The predicted octanol–water partition coefficient (Wildman–Crippen LogP) is 2.24. The number of nitro groups is 1. The van der Waals surface area contributed by atoms with E-state index >= 15 is 0 Å². The van der Waals surface area contributed by atoms with Gasteiger partial charge in [0.1, 0.15) is 0 Å². The van der Waals surface area contributed by atoms with Gasteiger partial charge in [-0.05, 0) is 28.7 Å². The van der Waals surface area contributed by atoms with Crippen molar-refractivity contribution in [1.29, 1.82) is 0 Å². The summed E-state index contributed by atoms with van der Waals surface area (Å²) >= 11 is 2.06. The molecule has 8 heteroatoms. The van der Waals surface area contributed by atoms with Crippen LogP contribution in [0.2, 0.25) is 0 Å². The highest BCUT2D eigenvalue weighted by Gasteiger charge is 2.08. The van der Waals surface area contributed by atoms with Crippen LogP contribution in [0.5, 0.6) is 0 Å². The second kappa shape index (κ2) is 5.76. The predicted molar refractivity (Wildman–Crippen MR) is 72.3 cm³/mol. The summed E-state index contributed by atoms with van der Waals surface area (Å²) in [6.07, 6.45) is 1.91. The molecule has 0 atom stereocenters. The SMILES string of the molecule is O=[N+]([O-])c1ccc(NCCc2ncon2)c(I)c1. The molecule has 0 saturated heterocycles. The zero-order chi connectivity index (χ0) is 13.0. The molecule has 0 bridgehead atoms. The summed E-state index contributed by atoms with van der Waals surface area (Å²) in [5.74, 6) is 0.624. The van der Waals surface area contributed by atoms with Crippen molar-refractivity contribution in [3.8, 4) is 0 Å². The number of nitro benzene ring substituents is 1. The van der Waals surface area contributed by atoms with Crippen LogP contribution in [0.3, 0.4) is 0 Å². The largest absolute Gasteiger partial charge is 0.384 e. The maximum Gasteiger partial charge on any atom is 0.270 e. The Labute approximate surface area is 116 Å². The van der Waals surface area contributed by atoms with E-state index in [1.807, 2.05) is 0 Å². The zero-order valence-corrected chi connectivity index (χ0v) is 11.3. The summed E-state index contributed by atoms with van der Waals surface area (Å²) < 4.78 is 5.42. The minimum Gasteiger partial charge on any atom is -0.384 e. The lowest BCUT2D eigenvalue weighted by Crippen LogP contribution is -2.07. The number of aromatic nitrogens is 2. The number of halogens is 1. The van der Waals surface area contributed by atoms with E-state index in [1.54, 1.807) is 6.07 Å². The Morgan fingerprint density at radius 1 is 1.50 bits per heavy atom. The molecule has 0 aliphatic carbocycles. The first-order valence-electron chi connectivity index (χ1n) is 5.10. The Morgan fingerprint density at radius 2 is 2.33 bits per heavy atom. The molecule has 2 rings (SSSR count). The molecule has 18 heavy (non-hydrogen) atoms. The second-order valence-corrected chi connectivity index (χ2v) is 4.61. The summed E-state index contributed by atoms with van der Waals surface area (Å²) in [4.78, 5) is 14.1. The van der Waals surface area contributed by atoms with Crippen molar-refractivity contribution in [3.05, 3.63) is 44.1 Å². The maximum atomic E-state index is 10.6. The van der Waals surface area contributed by atoms with Crippen molar-refractivity contribution >= 4 is 34.0 Å². The van der Waals surface area contributed by atoms with E-state index in [2.05, 4.69) is 42.6 Å². The number of hydrogen-bond acceptors (Lipinski definition) is 6. The first kappa shape index (κ1) is 12.7. The second-order valence-electron chi connectivity index (χ2n) is 3.45. The molecule has 0 fully saturated rings. The number of anilines is 1. The van der Waals surface area contributed by atoms with Gasteiger partial charge in [-0.2, -0.15) is 4.98 Å². The van der Waals surface area contributed by atoms with Crippen LogP contribution in [-0.4, -0.2) is 21.6 Å². The fourth-order valence-corrected chi connectivity index (χ4v) is 2.06. The van der Waals surface area contributed by atoms with Crippen LogP contribution in [0.1, 0.15) is 5.82 Å². The van der Waals surface area contributed by atoms with Gasteiger partial charge in [-0.25, -0.2) is 0 Å². The highest BCUT2D eigenvalue weighted by Crippen LogP contribution is 2.23. The van der Waals surface area contributed by atoms with Crippen LogP contribution in [0, 0.1) is 13.7 Å². The van der Waals surface area contributed by atoms with E-state index in [-0.39, 0.29) is 5.69 Å². The molecule has 0 aliphatic rings. The first-order valence-corrected chi connectivity index (χ1v) is 6.18. The van der Waals surface area contributed by atoms with Crippen molar-refractivity contribution in [3.63, 3.8) is 0 Å². The minimum absolute atomic E-state index is 0.0862. The lowest BCUT2D eigenvalue weighted by Gasteiger charge is -2.06. The topological polar surface area (TPSA) is 94.1 Å². The number of benzene rings is 1. The van der Waals surface area contributed by atoms with Gasteiger partial charge in [-0.3, -0.25) is 10.1 Å². The van der Waals surface area contributed by atoms with Gasteiger partial charge in [0.15, 0.2) is 5.82 Å². The molecule has 1 aromatic carbocycles. The Morgan fingerprint density at radius 3 is 2.94 bits per heavy atom. The van der Waals surface area contributed by atoms with E-state index in [9.17, 15) is 10.1 Å². The summed E-state index contributed by atoms with van der Waals surface area (Å²) in [7, 11) is 0. The van der Waals surface area contributed by atoms with Gasteiger partial charge in [0.25, 0.3) is 5.69 Å². The van der Waals surface area contributed by atoms with Gasteiger partial charge < -0.3 is 9.84 Å². The summed E-state index contributed by atoms with van der Waals surface area (Å²) in [6, 6.07) is 4.69. The number of non-ortho nitro benzene ring substituents is 1. The third kappa shape index (κ3) is 3.15. The van der Waals surface area contributed by atoms with Gasteiger partial charge in [0, 0.05) is 34.4 Å². The van der Waals surface area contributed by atoms with Crippen molar-refractivity contribution in [2.75, 3.05) is 11.9 Å². The van der Waals surface area contributed by atoms with Crippen LogP contribution in [-0.2, 0) is 6.42 Å². The maximum absolute atomic E-state index is 10.6. The molecule has 0 saturated carbocycles. The minimum atomic E-state index is -0.411.